The molecule has 0 aliphatic carbocycles. The first-order chi connectivity index (χ1) is 11.1. The summed E-state index contributed by atoms with van der Waals surface area (Å²) in [6, 6.07) is 6.91. The highest BCUT2D eigenvalue weighted by molar-refractivity contribution is 5.76. The lowest BCUT2D eigenvalue weighted by molar-refractivity contribution is -0.122. The van der Waals surface area contributed by atoms with Crippen molar-refractivity contribution >= 4 is 5.91 Å². The summed E-state index contributed by atoms with van der Waals surface area (Å²) in [5, 5.41) is 15.4. The number of carbonyl (C=O) groups excluding carboxylic acids is 1. The van der Waals surface area contributed by atoms with Gasteiger partial charge in [0.15, 0.2) is 0 Å². The van der Waals surface area contributed by atoms with Gasteiger partial charge >= 0.3 is 0 Å². The van der Waals surface area contributed by atoms with Crippen molar-refractivity contribution in [1.82, 2.24) is 20.1 Å². The van der Waals surface area contributed by atoms with E-state index in [0.717, 1.165) is 5.56 Å². The minimum Gasteiger partial charge on any atom is -0.497 e. The van der Waals surface area contributed by atoms with Crippen molar-refractivity contribution < 1.29 is 14.3 Å². The number of hydrogen-bond acceptors (Lipinski definition) is 6. The largest absolute Gasteiger partial charge is 0.497 e. The van der Waals surface area contributed by atoms with Crippen molar-refractivity contribution in [1.29, 1.82) is 5.26 Å². The molecule has 8 nitrogen and oxygen atoms in total. The predicted molar refractivity (Wildman–Crippen MR) is 80.8 cm³/mol. The molecule has 0 saturated heterocycles. The fourth-order valence-corrected chi connectivity index (χ4v) is 2.11. The molecule has 1 amide bonds. The summed E-state index contributed by atoms with van der Waals surface area (Å²) in [6.45, 7) is 1.82. The second kappa shape index (κ2) is 7.26. The topological polar surface area (TPSA) is 102 Å². The standard InChI is InChI=1S/C15H17N5O3/c1-10(12-6-11(22-2)4-5-13(12)23-3)18-15(21)8-20-9-17-14(7-16)19-20/h4-6,9-10H,8H2,1-3H3,(H,18,21). The zero-order chi connectivity index (χ0) is 16.8. The van der Waals surface area contributed by atoms with Gasteiger partial charge in [-0.25, -0.2) is 9.67 Å². The summed E-state index contributed by atoms with van der Waals surface area (Å²) in [6.07, 6.45) is 1.34. The van der Waals surface area contributed by atoms with Gasteiger partial charge in [0.2, 0.25) is 5.91 Å². The molecular formula is C15H17N5O3. The number of ether oxygens (including phenoxy) is 2. The van der Waals surface area contributed by atoms with E-state index < -0.39 is 0 Å². The van der Waals surface area contributed by atoms with Crippen LogP contribution in [0.5, 0.6) is 11.5 Å². The fourth-order valence-electron chi connectivity index (χ4n) is 2.11. The maximum atomic E-state index is 12.1. The molecule has 0 bridgehead atoms. The van der Waals surface area contributed by atoms with Crippen LogP contribution in [-0.2, 0) is 11.3 Å². The van der Waals surface area contributed by atoms with Crippen LogP contribution in [0.4, 0.5) is 0 Å². The fraction of sp³-hybridized carbons (Fsp3) is 0.333. The molecule has 1 atom stereocenters. The highest BCUT2D eigenvalue weighted by Gasteiger charge is 2.16. The molecule has 8 heteroatoms. The van der Waals surface area contributed by atoms with Crippen molar-refractivity contribution in [2.24, 2.45) is 0 Å². The molecular weight excluding hydrogens is 298 g/mol. The van der Waals surface area contributed by atoms with Gasteiger partial charge in [0, 0.05) is 5.56 Å². The van der Waals surface area contributed by atoms with Crippen LogP contribution in [0.3, 0.4) is 0 Å². The van der Waals surface area contributed by atoms with Gasteiger partial charge in [-0.1, -0.05) is 0 Å². The SMILES string of the molecule is COc1ccc(OC)c(C(C)NC(=O)Cn2cnc(C#N)n2)c1. The summed E-state index contributed by atoms with van der Waals surface area (Å²) in [7, 11) is 3.14. The molecule has 120 valence electrons. The summed E-state index contributed by atoms with van der Waals surface area (Å²) in [5.41, 5.74) is 0.802. The van der Waals surface area contributed by atoms with Crippen LogP contribution >= 0.6 is 0 Å². The molecule has 0 spiro atoms. The van der Waals surface area contributed by atoms with Crippen molar-refractivity contribution in [3.05, 3.63) is 35.9 Å². The molecule has 0 aliphatic heterocycles. The van der Waals surface area contributed by atoms with Gasteiger partial charge in [-0.2, -0.15) is 5.26 Å². The van der Waals surface area contributed by atoms with E-state index in [1.807, 2.05) is 19.1 Å². The van der Waals surface area contributed by atoms with Crippen LogP contribution in [0.2, 0.25) is 0 Å². The molecule has 0 radical (unpaired) electrons. The van der Waals surface area contributed by atoms with E-state index in [2.05, 4.69) is 15.4 Å². The number of methoxy groups -OCH3 is 2. The van der Waals surface area contributed by atoms with Crippen molar-refractivity contribution in [2.45, 2.75) is 19.5 Å². The number of nitrogens with one attached hydrogen (secondary N) is 1. The first kappa shape index (κ1) is 16.3. The highest BCUT2D eigenvalue weighted by atomic mass is 16.5. The monoisotopic (exact) mass is 315 g/mol. The Labute approximate surface area is 133 Å². The number of hydrogen-bond donors (Lipinski definition) is 1. The Morgan fingerprint density at radius 2 is 2.22 bits per heavy atom. The molecule has 1 heterocycles. The average Bonchev–Trinajstić information content (AvgIpc) is 3.01. The van der Waals surface area contributed by atoms with Gasteiger partial charge in [-0.15, -0.1) is 5.10 Å². The Balaban J connectivity index is 2.07. The number of aromatic nitrogens is 3. The molecule has 1 aromatic heterocycles. The van der Waals surface area contributed by atoms with E-state index in [4.69, 9.17) is 14.7 Å². The van der Waals surface area contributed by atoms with Gasteiger partial charge in [0.1, 0.15) is 30.4 Å². The van der Waals surface area contributed by atoms with E-state index >= 15 is 0 Å². The van der Waals surface area contributed by atoms with Crippen molar-refractivity contribution in [3.63, 3.8) is 0 Å². The third kappa shape index (κ3) is 3.97. The van der Waals surface area contributed by atoms with E-state index in [0.29, 0.717) is 11.5 Å². The first-order valence-electron chi connectivity index (χ1n) is 6.88. The zero-order valence-corrected chi connectivity index (χ0v) is 13.1. The van der Waals surface area contributed by atoms with E-state index in [1.165, 1.54) is 11.0 Å². The Morgan fingerprint density at radius 1 is 1.43 bits per heavy atom. The normalized spacial score (nSPS) is 11.4. The Hall–Kier alpha value is -3.08. The summed E-state index contributed by atoms with van der Waals surface area (Å²) in [4.78, 5) is 15.8. The lowest BCUT2D eigenvalue weighted by Crippen LogP contribution is -2.30. The number of amides is 1. The first-order valence-corrected chi connectivity index (χ1v) is 6.88. The molecule has 2 rings (SSSR count). The lowest BCUT2D eigenvalue weighted by atomic mass is 10.1. The van der Waals surface area contributed by atoms with Gasteiger partial charge in [0.05, 0.1) is 20.3 Å². The van der Waals surface area contributed by atoms with Gasteiger partial charge in [0.25, 0.3) is 5.82 Å². The van der Waals surface area contributed by atoms with Gasteiger partial charge < -0.3 is 14.8 Å². The third-order valence-electron chi connectivity index (χ3n) is 3.22. The Bertz CT molecular complexity index is 735. The molecule has 1 N–H and O–H groups in total. The lowest BCUT2D eigenvalue weighted by Gasteiger charge is -2.18. The van der Waals surface area contributed by atoms with E-state index in [9.17, 15) is 4.79 Å². The van der Waals surface area contributed by atoms with Crippen molar-refractivity contribution in [2.75, 3.05) is 14.2 Å². The van der Waals surface area contributed by atoms with E-state index in [-0.39, 0.29) is 24.3 Å². The molecule has 1 unspecified atom stereocenters. The predicted octanol–water partition coefficient (Wildman–Crippen LogP) is 1.04. The summed E-state index contributed by atoms with van der Waals surface area (Å²) in [5.74, 6) is 1.11. The van der Waals surface area contributed by atoms with Gasteiger partial charge in [-0.05, 0) is 25.1 Å². The summed E-state index contributed by atoms with van der Waals surface area (Å²) < 4.78 is 11.8. The molecule has 23 heavy (non-hydrogen) atoms. The average molecular weight is 315 g/mol. The molecule has 1 aromatic carbocycles. The number of rotatable bonds is 6. The number of nitrogens with zero attached hydrogens (tertiary/aromatic N) is 4. The van der Waals surface area contributed by atoms with Crippen LogP contribution in [-0.4, -0.2) is 34.9 Å². The second-order valence-corrected chi connectivity index (χ2v) is 4.77. The van der Waals surface area contributed by atoms with Crippen LogP contribution in [0, 0.1) is 11.3 Å². The van der Waals surface area contributed by atoms with Crippen LogP contribution in [0.1, 0.15) is 24.4 Å². The van der Waals surface area contributed by atoms with Crippen LogP contribution in [0.15, 0.2) is 24.5 Å². The van der Waals surface area contributed by atoms with E-state index in [1.54, 1.807) is 26.4 Å². The highest BCUT2D eigenvalue weighted by Crippen LogP contribution is 2.29. The smallest absolute Gasteiger partial charge is 0.252 e. The Morgan fingerprint density at radius 3 is 2.83 bits per heavy atom. The van der Waals surface area contributed by atoms with Crippen molar-refractivity contribution in [3.8, 4) is 17.6 Å². The quantitative estimate of drug-likeness (QED) is 0.854. The van der Waals surface area contributed by atoms with Crippen LogP contribution in [0.25, 0.3) is 0 Å². The van der Waals surface area contributed by atoms with Crippen LogP contribution < -0.4 is 14.8 Å². The minimum atomic E-state index is -0.286. The maximum Gasteiger partial charge on any atom is 0.252 e. The van der Waals surface area contributed by atoms with Gasteiger partial charge in [-0.3, -0.25) is 4.79 Å². The number of benzene rings is 1. The molecule has 0 saturated carbocycles. The number of carbonyl (C=O) groups is 1. The third-order valence-corrected chi connectivity index (χ3v) is 3.22. The molecule has 0 fully saturated rings. The molecule has 0 aliphatic rings. The maximum absolute atomic E-state index is 12.1. The second-order valence-electron chi connectivity index (χ2n) is 4.77. The zero-order valence-electron chi connectivity index (χ0n) is 13.1. The minimum absolute atomic E-state index is 0.0225. The molecule has 2 aromatic rings. The number of nitriles is 1. The summed E-state index contributed by atoms with van der Waals surface area (Å²) >= 11 is 0. The Kier molecular flexibility index (Phi) is 5.15.